The molecule has 0 unspecified atom stereocenters. The molecule has 0 radical (unpaired) electrons. The van der Waals surface area contributed by atoms with E-state index in [0.717, 1.165) is 34.1 Å². The standard InChI is InChI=1S/C17H20N2O2S/c1-12-9-15(20-2)16(21-3)10-13(12)11-22-17(18)19-14-7-5-4-6-8-14/h4-10H,11H2,1-3H3,(H2,18,19). The molecule has 0 saturated heterocycles. The average Bonchev–Trinajstić information content (AvgIpc) is 2.54. The molecule has 0 aliphatic heterocycles. The second-order valence-electron chi connectivity index (χ2n) is 4.71. The Hall–Kier alpha value is -2.14. The number of hydrogen-bond donors (Lipinski definition) is 1. The van der Waals surface area contributed by atoms with Crippen molar-refractivity contribution in [1.82, 2.24) is 0 Å². The fraction of sp³-hybridized carbons (Fsp3) is 0.235. The van der Waals surface area contributed by atoms with Crippen molar-refractivity contribution in [1.29, 1.82) is 0 Å². The molecule has 0 heterocycles. The van der Waals surface area contributed by atoms with Crippen molar-refractivity contribution in [2.45, 2.75) is 12.7 Å². The molecule has 0 fully saturated rings. The molecule has 0 amide bonds. The molecule has 0 atom stereocenters. The molecular weight excluding hydrogens is 296 g/mol. The highest BCUT2D eigenvalue weighted by molar-refractivity contribution is 8.13. The van der Waals surface area contributed by atoms with Crippen molar-refractivity contribution < 1.29 is 9.47 Å². The van der Waals surface area contributed by atoms with Gasteiger partial charge in [-0.1, -0.05) is 30.0 Å². The van der Waals surface area contributed by atoms with E-state index >= 15 is 0 Å². The lowest BCUT2D eigenvalue weighted by atomic mass is 10.1. The Labute approximate surface area is 135 Å². The molecule has 0 bridgehead atoms. The number of ether oxygens (including phenoxy) is 2. The smallest absolute Gasteiger partial charge is 0.161 e. The van der Waals surface area contributed by atoms with Gasteiger partial charge in [0.05, 0.1) is 19.9 Å². The summed E-state index contributed by atoms with van der Waals surface area (Å²) in [7, 11) is 3.27. The number of rotatable bonds is 5. The van der Waals surface area contributed by atoms with Crippen molar-refractivity contribution in [3.8, 4) is 11.5 Å². The summed E-state index contributed by atoms with van der Waals surface area (Å²) in [6.45, 7) is 2.04. The van der Waals surface area contributed by atoms with Crippen molar-refractivity contribution in [2.24, 2.45) is 10.7 Å². The molecule has 0 spiro atoms. The molecule has 22 heavy (non-hydrogen) atoms. The molecule has 0 saturated carbocycles. The van der Waals surface area contributed by atoms with Crippen LogP contribution in [0.5, 0.6) is 11.5 Å². The van der Waals surface area contributed by atoms with E-state index in [0.29, 0.717) is 5.17 Å². The monoisotopic (exact) mass is 316 g/mol. The van der Waals surface area contributed by atoms with Crippen LogP contribution in [-0.4, -0.2) is 19.4 Å². The van der Waals surface area contributed by atoms with Crippen LogP contribution in [0.1, 0.15) is 11.1 Å². The zero-order chi connectivity index (χ0) is 15.9. The van der Waals surface area contributed by atoms with E-state index in [1.165, 1.54) is 11.8 Å². The van der Waals surface area contributed by atoms with Crippen LogP contribution >= 0.6 is 11.8 Å². The first-order valence-electron chi connectivity index (χ1n) is 6.87. The van der Waals surface area contributed by atoms with Gasteiger partial charge in [0.1, 0.15) is 0 Å². The predicted molar refractivity (Wildman–Crippen MR) is 93.3 cm³/mol. The second kappa shape index (κ2) is 7.75. The van der Waals surface area contributed by atoms with Crippen LogP contribution < -0.4 is 15.2 Å². The van der Waals surface area contributed by atoms with Crippen LogP contribution in [0.25, 0.3) is 0 Å². The maximum atomic E-state index is 5.99. The lowest BCUT2D eigenvalue weighted by Crippen LogP contribution is -2.06. The zero-order valence-electron chi connectivity index (χ0n) is 13.0. The highest BCUT2D eigenvalue weighted by Gasteiger charge is 2.09. The van der Waals surface area contributed by atoms with Crippen LogP contribution in [0.3, 0.4) is 0 Å². The average molecular weight is 316 g/mol. The van der Waals surface area contributed by atoms with Crippen molar-refractivity contribution >= 4 is 22.6 Å². The Kier molecular flexibility index (Phi) is 5.72. The zero-order valence-corrected chi connectivity index (χ0v) is 13.8. The van der Waals surface area contributed by atoms with Gasteiger partial charge in [-0.05, 0) is 42.3 Å². The summed E-state index contributed by atoms with van der Waals surface area (Å²) < 4.78 is 10.6. The van der Waals surface area contributed by atoms with Crippen molar-refractivity contribution in [3.63, 3.8) is 0 Å². The second-order valence-corrected chi connectivity index (χ2v) is 5.70. The van der Waals surface area contributed by atoms with Gasteiger partial charge in [0, 0.05) is 5.75 Å². The third-order valence-electron chi connectivity index (χ3n) is 3.21. The van der Waals surface area contributed by atoms with Crippen LogP contribution in [0.2, 0.25) is 0 Å². The normalized spacial score (nSPS) is 11.3. The molecule has 116 valence electrons. The Morgan fingerprint density at radius 1 is 1.09 bits per heavy atom. The van der Waals surface area contributed by atoms with Crippen molar-refractivity contribution in [2.75, 3.05) is 14.2 Å². The summed E-state index contributed by atoms with van der Waals surface area (Å²) in [6.07, 6.45) is 0. The number of benzene rings is 2. The summed E-state index contributed by atoms with van der Waals surface area (Å²) >= 11 is 1.50. The van der Waals surface area contributed by atoms with Gasteiger partial charge in [0.15, 0.2) is 16.7 Å². The fourth-order valence-electron chi connectivity index (χ4n) is 1.99. The third kappa shape index (κ3) is 4.18. The number of nitrogens with two attached hydrogens (primary N) is 1. The van der Waals surface area contributed by atoms with Gasteiger partial charge < -0.3 is 15.2 Å². The molecule has 0 aliphatic rings. The van der Waals surface area contributed by atoms with E-state index in [1.807, 2.05) is 49.4 Å². The minimum Gasteiger partial charge on any atom is -0.493 e. The van der Waals surface area contributed by atoms with Gasteiger partial charge in [-0.2, -0.15) is 0 Å². The maximum absolute atomic E-state index is 5.99. The van der Waals surface area contributed by atoms with E-state index in [4.69, 9.17) is 15.2 Å². The minimum atomic E-state index is 0.542. The number of para-hydroxylation sites is 1. The van der Waals surface area contributed by atoms with Crippen molar-refractivity contribution in [3.05, 3.63) is 53.6 Å². The molecular formula is C17H20N2O2S. The molecule has 0 aromatic heterocycles. The summed E-state index contributed by atoms with van der Waals surface area (Å²) in [5, 5.41) is 0.542. The van der Waals surface area contributed by atoms with E-state index in [-0.39, 0.29) is 0 Å². The first-order valence-corrected chi connectivity index (χ1v) is 7.86. The Morgan fingerprint density at radius 2 is 1.73 bits per heavy atom. The van der Waals surface area contributed by atoms with Gasteiger partial charge in [-0.25, -0.2) is 4.99 Å². The van der Waals surface area contributed by atoms with E-state index in [1.54, 1.807) is 14.2 Å². The highest BCUT2D eigenvalue weighted by Crippen LogP contribution is 2.32. The maximum Gasteiger partial charge on any atom is 0.161 e. The topological polar surface area (TPSA) is 56.8 Å². The van der Waals surface area contributed by atoms with E-state index in [9.17, 15) is 0 Å². The lowest BCUT2D eigenvalue weighted by Gasteiger charge is -2.12. The fourth-order valence-corrected chi connectivity index (χ4v) is 2.78. The van der Waals surface area contributed by atoms with Gasteiger partial charge in [-0.3, -0.25) is 0 Å². The molecule has 2 aromatic carbocycles. The third-order valence-corrected chi connectivity index (χ3v) is 4.06. The molecule has 0 aliphatic carbocycles. The summed E-state index contributed by atoms with van der Waals surface area (Å²) in [5.41, 5.74) is 9.13. The van der Waals surface area contributed by atoms with Gasteiger partial charge in [-0.15, -0.1) is 0 Å². The van der Waals surface area contributed by atoms with Crippen LogP contribution in [0.15, 0.2) is 47.5 Å². The first-order chi connectivity index (χ1) is 10.6. The Balaban J connectivity index is 2.09. The van der Waals surface area contributed by atoms with Crippen LogP contribution in [-0.2, 0) is 5.75 Å². The number of thioether (sulfide) groups is 1. The predicted octanol–water partition coefficient (Wildman–Crippen LogP) is 3.89. The molecule has 5 heteroatoms. The number of aliphatic imine (C=N–C) groups is 1. The van der Waals surface area contributed by atoms with Gasteiger partial charge in [0.25, 0.3) is 0 Å². The molecule has 2 aromatic rings. The molecule has 2 rings (SSSR count). The van der Waals surface area contributed by atoms with Gasteiger partial charge >= 0.3 is 0 Å². The first kappa shape index (κ1) is 16.2. The number of aryl methyl sites for hydroxylation is 1. The number of methoxy groups -OCH3 is 2. The minimum absolute atomic E-state index is 0.542. The number of hydrogen-bond acceptors (Lipinski definition) is 4. The molecule has 4 nitrogen and oxygen atoms in total. The number of nitrogens with zero attached hydrogens (tertiary/aromatic N) is 1. The highest BCUT2D eigenvalue weighted by atomic mass is 32.2. The summed E-state index contributed by atoms with van der Waals surface area (Å²) in [6, 6.07) is 13.6. The Bertz CT molecular complexity index is 657. The SMILES string of the molecule is COc1cc(C)c(CSC(N)=Nc2ccccc2)cc1OC. The van der Waals surface area contributed by atoms with Crippen LogP contribution in [0.4, 0.5) is 5.69 Å². The van der Waals surface area contributed by atoms with Gasteiger partial charge in [0.2, 0.25) is 0 Å². The van der Waals surface area contributed by atoms with E-state index < -0.39 is 0 Å². The largest absolute Gasteiger partial charge is 0.493 e. The van der Waals surface area contributed by atoms with Crippen LogP contribution in [0, 0.1) is 6.92 Å². The number of amidine groups is 1. The summed E-state index contributed by atoms with van der Waals surface area (Å²) in [4.78, 5) is 4.38. The molecule has 2 N–H and O–H groups in total. The quantitative estimate of drug-likeness (QED) is 0.671. The van der Waals surface area contributed by atoms with E-state index in [2.05, 4.69) is 4.99 Å². The lowest BCUT2D eigenvalue weighted by molar-refractivity contribution is 0.354. The summed E-state index contributed by atoms with van der Waals surface area (Å²) in [5.74, 6) is 2.19. The Morgan fingerprint density at radius 3 is 2.36 bits per heavy atom.